The minimum atomic E-state index is -0.434. The standard InChI is InChI=1S/C24H28N4O5/c1-26(23(30)7-4-12-28-20-5-2-3-6-21(20)33-24(28)31)17-22(29)25-18-8-10-19(11-9-18)27-13-15-32-16-14-27/h2-3,5-6,8-11H,4,7,12-17H2,1H3,(H,25,29). The van der Waals surface area contributed by atoms with E-state index in [0.29, 0.717) is 43.0 Å². The number of para-hydroxylation sites is 2. The third-order valence-corrected chi connectivity index (χ3v) is 5.68. The number of amides is 2. The van der Waals surface area contributed by atoms with E-state index in [1.165, 1.54) is 9.47 Å². The zero-order valence-electron chi connectivity index (χ0n) is 18.7. The molecule has 2 heterocycles. The molecule has 1 aliphatic rings. The second kappa shape index (κ2) is 10.4. The molecule has 1 aliphatic heterocycles. The van der Waals surface area contributed by atoms with Crippen LogP contribution in [0.5, 0.6) is 0 Å². The van der Waals surface area contributed by atoms with Gasteiger partial charge in [-0.25, -0.2) is 4.79 Å². The molecule has 1 saturated heterocycles. The van der Waals surface area contributed by atoms with Gasteiger partial charge in [0.2, 0.25) is 11.8 Å². The van der Waals surface area contributed by atoms with E-state index >= 15 is 0 Å². The summed E-state index contributed by atoms with van der Waals surface area (Å²) in [5.41, 5.74) is 3.01. The molecular formula is C24H28N4O5. The van der Waals surface area contributed by atoms with E-state index in [4.69, 9.17) is 9.15 Å². The topological polar surface area (TPSA) is 97.0 Å². The molecule has 0 bridgehead atoms. The normalized spacial score (nSPS) is 13.8. The number of hydrogen-bond donors (Lipinski definition) is 1. The predicted molar refractivity (Wildman–Crippen MR) is 125 cm³/mol. The van der Waals surface area contributed by atoms with Crippen LogP contribution in [0.25, 0.3) is 11.1 Å². The van der Waals surface area contributed by atoms with Crippen molar-refractivity contribution in [2.24, 2.45) is 0 Å². The number of carbonyl (C=O) groups excluding carboxylic acids is 2. The molecule has 33 heavy (non-hydrogen) atoms. The van der Waals surface area contributed by atoms with E-state index in [2.05, 4.69) is 10.2 Å². The summed E-state index contributed by atoms with van der Waals surface area (Å²) in [4.78, 5) is 40.5. The highest BCUT2D eigenvalue weighted by atomic mass is 16.5. The van der Waals surface area contributed by atoms with Crippen molar-refractivity contribution in [3.05, 3.63) is 59.1 Å². The lowest BCUT2D eigenvalue weighted by Gasteiger charge is -2.28. The molecule has 0 unspecified atom stereocenters. The van der Waals surface area contributed by atoms with Gasteiger partial charge in [0.1, 0.15) is 0 Å². The van der Waals surface area contributed by atoms with Gasteiger partial charge in [-0.2, -0.15) is 0 Å². The van der Waals surface area contributed by atoms with Crippen LogP contribution in [-0.2, 0) is 20.9 Å². The van der Waals surface area contributed by atoms with Crippen LogP contribution in [0.3, 0.4) is 0 Å². The molecular weight excluding hydrogens is 424 g/mol. The summed E-state index contributed by atoms with van der Waals surface area (Å²) in [6.45, 7) is 3.46. The number of hydrogen-bond acceptors (Lipinski definition) is 6. The van der Waals surface area contributed by atoms with Crippen molar-refractivity contribution in [2.75, 3.05) is 50.1 Å². The van der Waals surface area contributed by atoms with Gasteiger partial charge in [-0.15, -0.1) is 0 Å². The Morgan fingerprint density at radius 3 is 2.55 bits per heavy atom. The van der Waals surface area contributed by atoms with E-state index in [0.717, 1.165) is 18.8 Å². The highest BCUT2D eigenvalue weighted by Gasteiger charge is 2.15. The number of morpholine rings is 1. The molecule has 1 N–H and O–H groups in total. The van der Waals surface area contributed by atoms with Crippen molar-refractivity contribution in [3.8, 4) is 0 Å². The van der Waals surface area contributed by atoms with Crippen molar-refractivity contribution in [1.29, 1.82) is 0 Å². The second-order valence-corrected chi connectivity index (χ2v) is 8.04. The smallest absolute Gasteiger partial charge is 0.408 e. The molecule has 2 aromatic carbocycles. The molecule has 174 valence electrons. The lowest BCUT2D eigenvalue weighted by Crippen LogP contribution is -2.36. The Balaban J connectivity index is 1.23. The molecule has 4 rings (SSSR count). The van der Waals surface area contributed by atoms with E-state index in [1.807, 2.05) is 36.4 Å². The minimum absolute atomic E-state index is 0.0430. The molecule has 3 aromatic rings. The largest absolute Gasteiger partial charge is 0.419 e. The minimum Gasteiger partial charge on any atom is -0.408 e. The van der Waals surface area contributed by atoms with Gasteiger partial charge in [-0.1, -0.05) is 12.1 Å². The molecule has 9 heteroatoms. The number of oxazole rings is 1. The first-order valence-corrected chi connectivity index (χ1v) is 11.1. The Morgan fingerprint density at radius 1 is 1.06 bits per heavy atom. The number of aryl methyl sites for hydroxylation is 1. The fraction of sp³-hybridized carbons (Fsp3) is 0.375. The summed E-state index contributed by atoms with van der Waals surface area (Å²) in [6, 6.07) is 14.8. The van der Waals surface area contributed by atoms with E-state index < -0.39 is 5.76 Å². The van der Waals surface area contributed by atoms with Crippen molar-refractivity contribution >= 4 is 34.3 Å². The summed E-state index contributed by atoms with van der Waals surface area (Å²) >= 11 is 0. The van der Waals surface area contributed by atoms with Crippen LogP contribution in [0.15, 0.2) is 57.7 Å². The van der Waals surface area contributed by atoms with E-state index in [-0.39, 0.29) is 24.8 Å². The van der Waals surface area contributed by atoms with Crippen LogP contribution in [0.2, 0.25) is 0 Å². The third kappa shape index (κ3) is 5.61. The Morgan fingerprint density at radius 2 is 1.79 bits per heavy atom. The number of fused-ring (bicyclic) bond motifs is 1. The van der Waals surface area contributed by atoms with Crippen LogP contribution >= 0.6 is 0 Å². The van der Waals surface area contributed by atoms with Gasteiger partial charge >= 0.3 is 5.76 Å². The third-order valence-electron chi connectivity index (χ3n) is 5.68. The van der Waals surface area contributed by atoms with Crippen molar-refractivity contribution in [1.82, 2.24) is 9.47 Å². The SMILES string of the molecule is CN(CC(=O)Nc1ccc(N2CCOCC2)cc1)C(=O)CCCn1c(=O)oc2ccccc21. The molecule has 9 nitrogen and oxygen atoms in total. The van der Waals surface area contributed by atoms with Gasteiger partial charge in [0.15, 0.2) is 5.58 Å². The summed E-state index contributed by atoms with van der Waals surface area (Å²) in [5.74, 6) is -0.855. The van der Waals surface area contributed by atoms with Crippen molar-refractivity contribution < 1.29 is 18.7 Å². The highest BCUT2D eigenvalue weighted by Crippen LogP contribution is 2.19. The van der Waals surface area contributed by atoms with E-state index in [1.54, 1.807) is 19.2 Å². The second-order valence-electron chi connectivity index (χ2n) is 8.04. The van der Waals surface area contributed by atoms with Crippen LogP contribution < -0.4 is 16.0 Å². The first-order valence-electron chi connectivity index (χ1n) is 11.1. The number of rotatable bonds is 8. The number of nitrogens with one attached hydrogen (secondary N) is 1. The first kappa shape index (κ1) is 22.6. The lowest BCUT2D eigenvalue weighted by atomic mass is 10.2. The number of aromatic nitrogens is 1. The molecule has 0 radical (unpaired) electrons. The van der Waals surface area contributed by atoms with Gasteiger partial charge in [-0.3, -0.25) is 14.2 Å². The van der Waals surface area contributed by atoms with Gasteiger partial charge in [0.05, 0.1) is 25.3 Å². The maximum atomic E-state index is 12.4. The maximum absolute atomic E-state index is 12.4. The monoisotopic (exact) mass is 452 g/mol. The molecule has 0 saturated carbocycles. The van der Waals surface area contributed by atoms with Crippen LogP contribution in [-0.4, -0.2) is 61.2 Å². The highest BCUT2D eigenvalue weighted by molar-refractivity contribution is 5.94. The fourth-order valence-electron chi connectivity index (χ4n) is 3.89. The van der Waals surface area contributed by atoms with Crippen molar-refractivity contribution in [2.45, 2.75) is 19.4 Å². The summed E-state index contributed by atoms with van der Waals surface area (Å²) in [7, 11) is 1.60. The number of likely N-dealkylation sites (N-methyl/N-ethyl adjacent to an activating group) is 1. The zero-order valence-corrected chi connectivity index (χ0v) is 18.7. The average molecular weight is 453 g/mol. The van der Waals surface area contributed by atoms with Crippen LogP contribution in [0, 0.1) is 0 Å². The average Bonchev–Trinajstić information content (AvgIpc) is 3.15. The Kier molecular flexibility index (Phi) is 7.09. The number of ether oxygens (including phenoxy) is 1. The maximum Gasteiger partial charge on any atom is 0.419 e. The van der Waals surface area contributed by atoms with Gasteiger partial charge in [0.25, 0.3) is 0 Å². The summed E-state index contributed by atoms with van der Waals surface area (Å²) < 4.78 is 12.1. The van der Waals surface area contributed by atoms with Crippen molar-refractivity contribution in [3.63, 3.8) is 0 Å². The number of anilines is 2. The van der Waals surface area contributed by atoms with Gasteiger partial charge in [-0.05, 0) is 42.8 Å². The number of benzene rings is 2. The summed E-state index contributed by atoms with van der Waals surface area (Å²) in [6.07, 6.45) is 0.696. The Labute approximate surface area is 191 Å². The molecule has 0 spiro atoms. The number of carbonyl (C=O) groups is 2. The zero-order chi connectivity index (χ0) is 23.2. The molecule has 0 aliphatic carbocycles. The molecule has 0 atom stereocenters. The molecule has 1 aromatic heterocycles. The Hall–Kier alpha value is -3.59. The Bertz CT molecular complexity index is 1160. The van der Waals surface area contributed by atoms with Gasteiger partial charge in [0, 0.05) is 44.5 Å². The lowest BCUT2D eigenvalue weighted by molar-refractivity contribution is -0.133. The molecule has 2 amide bonds. The predicted octanol–water partition coefficient (Wildman–Crippen LogP) is 2.31. The quantitative estimate of drug-likeness (QED) is 0.563. The molecule has 1 fully saturated rings. The summed E-state index contributed by atoms with van der Waals surface area (Å²) in [5, 5.41) is 2.83. The van der Waals surface area contributed by atoms with Gasteiger partial charge < -0.3 is 24.3 Å². The van der Waals surface area contributed by atoms with E-state index in [9.17, 15) is 14.4 Å². The number of nitrogens with zero attached hydrogens (tertiary/aromatic N) is 3. The van der Waals surface area contributed by atoms with Crippen LogP contribution in [0.1, 0.15) is 12.8 Å². The first-order chi connectivity index (χ1) is 16.0. The fourth-order valence-corrected chi connectivity index (χ4v) is 3.89. The van der Waals surface area contributed by atoms with Crippen LogP contribution in [0.4, 0.5) is 11.4 Å².